The second-order valence-corrected chi connectivity index (χ2v) is 9.77. The van der Waals surface area contributed by atoms with E-state index in [1.54, 1.807) is 39.7 Å². The predicted octanol–water partition coefficient (Wildman–Crippen LogP) is 3.22. The molecular weight excluding hydrogens is 508 g/mol. The SMILES string of the molecule is COc1cc2c(cc1Nc1nc3c(ccn3C)c3nc4ccc(F)c(F)c4c(=O)n13)N(C(=O)CN(C)C)CC2. The zero-order valence-electron chi connectivity index (χ0n) is 21.7. The Morgan fingerprint density at radius 3 is 2.69 bits per heavy atom. The molecule has 0 saturated carbocycles. The highest BCUT2D eigenvalue weighted by molar-refractivity contribution is 5.98. The summed E-state index contributed by atoms with van der Waals surface area (Å²) in [6.45, 7) is 0.784. The summed E-state index contributed by atoms with van der Waals surface area (Å²) in [4.78, 5) is 39.2. The lowest BCUT2D eigenvalue weighted by Gasteiger charge is -2.21. The van der Waals surface area contributed by atoms with Gasteiger partial charge in [-0.05, 0) is 56.4 Å². The van der Waals surface area contributed by atoms with E-state index in [9.17, 15) is 18.4 Å². The molecule has 4 heterocycles. The third kappa shape index (κ3) is 3.86. The van der Waals surface area contributed by atoms with E-state index >= 15 is 0 Å². The molecule has 39 heavy (non-hydrogen) atoms. The average Bonchev–Trinajstić information content (AvgIpc) is 3.48. The van der Waals surface area contributed by atoms with Crippen molar-refractivity contribution in [2.24, 2.45) is 7.05 Å². The van der Waals surface area contributed by atoms with Crippen LogP contribution >= 0.6 is 0 Å². The van der Waals surface area contributed by atoms with Gasteiger partial charge in [0.05, 0.1) is 30.2 Å². The molecule has 3 aromatic heterocycles. The Hall–Kier alpha value is -4.58. The predicted molar refractivity (Wildman–Crippen MR) is 144 cm³/mol. The third-order valence-corrected chi connectivity index (χ3v) is 6.93. The number of benzene rings is 2. The first-order chi connectivity index (χ1) is 18.7. The van der Waals surface area contributed by atoms with Crippen LogP contribution in [0.1, 0.15) is 5.56 Å². The summed E-state index contributed by atoms with van der Waals surface area (Å²) in [5.74, 6) is -1.97. The van der Waals surface area contributed by atoms with Gasteiger partial charge >= 0.3 is 0 Å². The molecule has 0 radical (unpaired) electrons. The first kappa shape index (κ1) is 24.7. The van der Waals surface area contributed by atoms with Crippen LogP contribution in [0.15, 0.2) is 41.3 Å². The number of rotatable bonds is 5. The molecule has 10 nitrogen and oxygen atoms in total. The fourth-order valence-electron chi connectivity index (χ4n) is 5.07. The van der Waals surface area contributed by atoms with Gasteiger partial charge in [-0.3, -0.25) is 9.59 Å². The standard InChI is InChI=1S/C27H25F2N7O3/c1-33(2)13-21(37)35-10-7-14-11-20(39-4)18(12-19(14)35)31-27-32-24-15(8-9-34(24)3)25-30-17-6-5-16(28)23(29)22(17)26(38)36(25)27/h5-6,8-9,11-12H,7,10,13H2,1-4H3,(H,31,32). The van der Waals surface area contributed by atoms with E-state index in [0.717, 1.165) is 21.7 Å². The first-order valence-corrected chi connectivity index (χ1v) is 12.3. The molecule has 1 aliphatic rings. The van der Waals surface area contributed by atoms with Crippen molar-refractivity contribution in [3.63, 3.8) is 0 Å². The van der Waals surface area contributed by atoms with Crippen molar-refractivity contribution < 1.29 is 18.3 Å². The summed E-state index contributed by atoms with van der Waals surface area (Å²) in [7, 11) is 6.98. The quantitative estimate of drug-likeness (QED) is 0.347. The van der Waals surface area contributed by atoms with Gasteiger partial charge < -0.3 is 24.4 Å². The van der Waals surface area contributed by atoms with E-state index in [4.69, 9.17) is 4.74 Å². The molecule has 0 fully saturated rings. The van der Waals surface area contributed by atoms with Crippen molar-refractivity contribution in [1.82, 2.24) is 23.8 Å². The van der Waals surface area contributed by atoms with Gasteiger partial charge in [0.15, 0.2) is 17.3 Å². The summed E-state index contributed by atoms with van der Waals surface area (Å²) in [6.07, 6.45) is 2.44. The maximum atomic E-state index is 14.8. The molecule has 2 aromatic carbocycles. The van der Waals surface area contributed by atoms with Crippen LogP contribution in [0.5, 0.6) is 5.75 Å². The lowest BCUT2D eigenvalue weighted by molar-refractivity contribution is -0.119. The van der Waals surface area contributed by atoms with E-state index in [2.05, 4.69) is 15.3 Å². The molecular formula is C27H25F2N7O3. The number of hydrogen-bond donors (Lipinski definition) is 1. The van der Waals surface area contributed by atoms with E-state index < -0.39 is 22.6 Å². The number of halogens is 2. The molecule has 0 aliphatic carbocycles. The third-order valence-electron chi connectivity index (χ3n) is 6.93. The fraction of sp³-hybridized carbons (Fsp3) is 0.259. The molecule has 12 heteroatoms. The van der Waals surface area contributed by atoms with Crippen molar-refractivity contribution in [3.05, 3.63) is 64.1 Å². The summed E-state index contributed by atoms with van der Waals surface area (Å²) in [5.41, 5.74) is 2.08. The minimum absolute atomic E-state index is 0.0322. The van der Waals surface area contributed by atoms with Gasteiger partial charge in [0.1, 0.15) is 16.8 Å². The number of aryl methyl sites for hydroxylation is 1. The first-order valence-electron chi connectivity index (χ1n) is 12.3. The monoisotopic (exact) mass is 533 g/mol. The lowest BCUT2D eigenvalue weighted by atomic mass is 10.1. The van der Waals surface area contributed by atoms with Crippen molar-refractivity contribution in [3.8, 4) is 5.75 Å². The van der Waals surface area contributed by atoms with E-state index in [-0.39, 0.29) is 29.6 Å². The number of nitrogens with zero attached hydrogens (tertiary/aromatic N) is 6. The number of anilines is 3. The van der Waals surface area contributed by atoms with Crippen molar-refractivity contribution in [2.75, 3.05) is 44.5 Å². The number of carbonyl (C=O) groups is 1. The van der Waals surface area contributed by atoms with Gasteiger partial charge in [-0.1, -0.05) is 0 Å². The Balaban J connectivity index is 1.58. The van der Waals surface area contributed by atoms with Crippen LogP contribution in [-0.2, 0) is 18.3 Å². The van der Waals surface area contributed by atoms with Crippen LogP contribution in [0.4, 0.5) is 26.1 Å². The van der Waals surface area contributed by atoms with Crippen molar-refractivity contribution >= 4 is 50.8 Å². The second kappa shape index (κ2) is 9.02. The topological polar surface area (TPSA) is 97.0 Å². The summed E-state index contributed by atoms with van der Waals surface area (Å²) in [6, 6.07) is 7.60. The average molecular weight is 534 g/mol. The number of nitrogens with one attached hydrogen (secondary N) is 1. The van der Waals surface area contributed by atoms with Crippen molar-refractivity contribution in [2.45, 2.75) is 6.42 Å². The highest BCUT2D eigenvalue weighted by Gasteiger charge is 2.27. The van der Waals surface area contributed by atoms with E-state index in [1.807, 2.05) is 20.2 Å². The van der Waals surface area contributed by atoms with Gasteiger partial charge in [0.2, 0.25) is 11.9 Å². The minimum atomic E-state index is -1.27. The smallest absolute Gasteiger partial charge is 0.271 e. The maximum Gasteiger partial charge on any atom is 0.271 e. The van der Waals surface area contributed by atoms with Gasteiger partial charge in [0.25, 0.3) is 5.56 Å². The fourth-order valence-corrected chi connectivity index (χ4v) is 5.07. The molecule has 5 aromatic rings. The second-order valence-electron chi connectivity index (χ2n) is 9.77. The number of likely N-dealkylation sites (N-methyl/N-ethyl adjacent to an activating group) is 1. The number of amides is 1. The Kier molecular flexibility index (Phi) is 5.72. The van der Waals surface area contributed by atoms with Crippen LogP contribution in [0.3, 0.4) is 0 Å². The molecule has 200 valence electrons. The number of fused-ring (bicyclic) bond motifs is 5. The number of aromatic nitrogens is 4. The number of carbonyl (C=O) groups excluding carboxylic acids is 1. The molecule has 1 amide bonds. The van der Waals surface area contributed by atoms with Gasteiger partial charge in [-0.25, -0.2) is 18.2 Å². The Labute approximate surface area is 221 Å². The highest BCUT2D eigenvalue weighted by atomic mass is 19.2. The molecule has 0 atom stereocenters. The van der Waals surface area contributed by atoms with Crippen LogP contribution < -0.4 is 20.5 Å². The summed E-state index contributed by atoms with van der Waals surface area (Å²) >= 11 is 0. The normalized spacial score (nSPS) is 13.2. The molecule has 1 N–H and O–H groups in total. The maximum absolute atomic E-state index is 14.8. The zero-order valence-corrected chi connectivity index (χ0v) is 21.7. The molecule has 1 aliphatic heterocycles. The largest absolute Gasteiger partial charge is 0.495 e. The van der Waals surface area contributed by atoms with Crippen LogP contribution in [0.25, 0.3) is 27.6 Å². The number of hydrogen-bond acceptors (Lipinski definition) is 7. The van der Waals surface area contributed by atoms with Crippen LogP contribution in [0.2, 0.25) is 0 Å². The zero-order chi connectivity index (χ0) is 27.6. The molecule has 6 rings (SSSR count). The number of methoxy groups -OCH3 is 1. The van der Waals surface area contributed by atoms with Crippen molar-refractivity contribution in [1.29, 1.82) is 0 Å². The van der Waals surface area contributed by atoms with Crippen LogP contribution in [0, 0.1) is 11.6 Å². The minimum Gasteiger partial charge on any atom is -0.495 e. The Morgan fingerprint density at radius 1 is 1.15 bits per heavy atom. The van der Waals surface area contributed by atoms with Gasteiger partial charge in [-0.2, -0.15) is 4.98 Å². The van der Waals surface area contributed by atoms with Gasteiger partial charge in [0, 0.05) is 25.5 Å². The highest BCUT2D eigenvalue weighted by Crippen LogP contribution is 2.39. The Bertz CT molecular complexity index is 1880. The lowest BCUT2D eigenvalue weighted by Crippen LogP contribution is -2.36. The molecule has 0 spiro atoms. The van der Waals surface area contributed by atoms with Crippen LogP contribution in [-0.4, -0.2) is 64.0 Å². The number of ether oxygens (including phenoxy) is 1. The molecule has 0 saturated heterocycles. The molecule has 0 unspecified atom stereocenters. The van der Waals surface area contributed by atoms with E-state index in [1.165, 1.54) is 13.2 Å². The Morgan fingerprint density at radius 2 is 1.95 bits per heavy atom. The summed E-state index contributed by atoms with van der Waals surface area (Å²) in [5, 5.41) is 3.24. The van der Waals surface area contributed by atoms with E-state index in [0.29, 0.717) is 35.4 Å². The molecule has 0 bridgehead atoms. The summed E-state index contributed by atoms with van der Waals surface area (Å²) < 4.78 is 37.4. The van der Waals surface area contributed by atoms with Gasteiger partial charge in [-0.15, -0.1) is 0 Å².